The Hall–Kier alpha value is -1.81. The van der Waals surface area contributed by atoms with E-state index in [1.165, 1.54) is 13.5 Å². The molecule has 110 valence electrons. The van der Waals surface area contributed by atoms with Crippen LogP contribution in [0.5, 0.6) is 11.5 Å². The van der Waals surface area contributed by atoms with Gasteiger partial charge >= 0.3 is 0 Å². The van der Waals surface area contributed by atoms with E-state index in [1.54, 1.807) is 12.1 Å². The summed E-state index contributed by atoms with van der Waals surface area (Å²) >= 11 is 6.33. The average Bonchev–Trinajstić information content (AvgIpc) is 2.72. The highest BCUT2D eigenvalue weighted by atomic mass is 35.5. The molecular formula is C16H17ClN2O2. The molecule has 1 N–H and O–H groups in total. The third-order valence-corrected chi connectivity index (χ3v) is 4.13. The van der Waals surface area contributed by atoms with Gasteiger partial charge in [-0.1, -0.05) is 18.0 Å². The van der Waals surface area contributed by atoms with E-state index >= 15 is 0 Å². The molecular weight excluding hydrogens is 288 g/mol. The minimum absolute atomic E-state index is 0.0738. The molecule has 1 aliphatic carbocycles. The van der Waals surface area contributed by atoms with Crippen LogP contribution in [0.25, 0.3) is 11.4 Å². The number of ether oxygens (including phenoxy) is 1. The van der Waals surface area contributed by atoms with Gasteiger partial charge in [0.25, 0.3) is 0 Å². The topological polar surface area (TPSA) is 55.2 Å². The fraction of sp³-hybridized carbons (Fsp3) is 0.375. The minimum Gasteiger partial charge on any atom is -0.504 e. The van der Waals surface area contributed by atoms with Crippen molar-refractivity contribution in [2.24, 2.45) is 0 Å². The van der Waals surface area contributed by atoms with Gasteiger partial charge in [0.15, 0.2) is 17.3 Å². The Morgan fingerprint density at radius 1 is 1.14 bits per heavy atom. The first-order valence-corrected chi connectivity index (χ1v) is 7.49. The van der Waals surface area contributed by atoms with Crippen LogP contribution in [0, 0.1) is 0 Å². The fourth-order valence-electron chi connectivity index (χ4n) is 2.68. The molecule has 0 saturated carbocycles. The molecule has 0 unspecified atom stereocenters. The Morgan fingerprint density at radius 3 is 2.71 bits per heavy atom. The van der Waals surface area contributed by atoms with Gasteiger partial charge in [-0.15, -0.1) is 0 Å². The second kappa shape index (κ2) is 5.90. The van der Waals surface area contributed by atoms with Crippen molar-refractivity contribution in [2.45, 2.75) is 32.1 Å². The van der Waals surface area contributed by atoms with Gasteiger partial charge in [0.05, 0.1) is 7.11 Å². The molecule has 5 heteroatoms. The molecule has 1 heterocycles. The van der Waals surface area contributed by atoms with E-state index in [1.807, 2.05) is 6.07 Å². The molecule has 0 atom stereocenters. The van der Waals surface area contributed by atoms with Gasteiger partial charge in [-0.25, -0.2) is 9.97 Å². The molecule has 4 nitrogen and oxygen atoms in total. The third kappa shape index (κ3) is 2.81. The first-order valence-electron chi connectivity index (χ1n) is 7.11. The summed E-state index contributed by atoms with van der Waals surface area (Å²) in [5.41, 5.74) is 2.86. The molecule has 21 heavy (non-hydrogen) atoms. The quantitative estimate of drug-likeness (QED) is 0.677. The second-order valence-electron chi connectivity index (χ2n) is 5.21. The van der Waals surface area contributed by atoms with Crippen molar-refractivity contribution < 1.29 is 9.84 Å². The maximum Gasteiger partial charge on any atom is 0.161 e. The lowest BCUT2D eigenvalue weighted by molar-refractivity contribution is 0.373. The lowest BCUT2D eigenvalue weighted by Gasteiger charge is -2.10. The predicted octanol–water partition coefficient (Wildman–Crippen LogP) is 3.78. The monoisotopic (exact) mass is 304 g/mol. The summed E-state index contributed by atoms with van der Waals surface area (Å²) in [4.78, 5) is 9.05. The van der Waals surface area contributed by atoms with Crippen LogP contribution < -0.4 is 4.74 Å². The highest BCUT2D eigenvalue weighted by molar-refractivity contribution is 6.30. The van der Waals surface area contributed by atoms with Crippen molar-refractivity contribution in [3.05, 3.63) is 34.6 Å². The molecule has 1 aromatic heterocycles. The lowest BCUT2D eigenvalue weighted by Crippen LogP contribution is -2.02. The molecule has 0 radical (unpaired) electrons. The van der Waals surface area contributed by atoms with Gasteiger partial charge in [0, 0.05) is 16.8 Å². The van der Waals surface area contributed by atoms with Gasteiger partial charge < -0.3 is 9.84 Å². The maximum atomic E-state index is 9.89. The van der Waals surface area contributed by atoms with Crippen molar-refractivity contribution in [1.82, 2.24) is 9.97 Å². The number of aromatic nitrogens is 2. The first kappa shape index (κ1) is 14.1. The summed E-state index contributed by atoms with van der Waals surface area (Å²) in [6.45, 7) is 0. The standard InChI is InChI=1S/C16H17ClN2O2/c1-21-14-8-7-10(9-13(14)20)16-18-12-6-4-2-3-5-11(12)15(17)19-16/h7-9,20H,2-6H2,1H3. The Balaban J connectivity index is 2.05. The molecule has 1 aliphatic rings. The Morgan fingerprint density at radius 2 is 1.95 bits per heavy atom. The number of aromatic hydroxyl groups is 1. The number of aryl methyl sites for hydroxylation is 1. The minimum atomic E-state index is 0.0738. The third-order valence-electron chi connectivity index (χ3n) is 3.82. The van der Waals surface area contributed by atoms with Crippen molar-refractivity contribution in [1.29, 1.82) is 0 Å². The summed E-state index contributed by atoms with van der Waals surface area (Å²) in [6, 6.07) is 5.13. The molecule has 0 spiro atoms. The van der Waals surface area contributed by atoms with Crippen molar-refractivity contribution >= 4 is 11.6 Å². The first-order chi connectivity index (χ1) is 10.2. The van der Waals surface area contributed by atoms with E-state index in [0.29, 0.717) is 16.7 Å². The Kier molecular flexibility index (Phi) is 3.97. The number of halogens is 1. The van der Waals surface area contributed by atoms with Gasteiger partial charge in [-0.2, -0.15) is 0 Å². The summed E-state index contributed by atoms with van der Waals surface area (Å²) in [5.74, 6) is 1.06. The van der Waals surface area contributed by atoms with Crippen LogP contribution in [-0.4, -0.2) is 22.2 Å². The SMILES string of the molecule is COc1ccc(-c2nc(Cl)c3c(n2)CCCCC3)cc1O. The number of phenols is 1. The number of fused-ring (bicyclic) bond motifs is 1. The number of hydrogen-bond donors (Lipinski definition) is 1. The van der Waals surface area contributed by atoms with Crippen molar-refractivity contribution in [2.75, 3.05) is 7.11 Å². The summed E-state index contributed by atoms with van der Waals surface area (Å²) in [6.07, 6.45) is 5.35. The molecule has 3 rings (SSSR count). The molecule has 0 saturated heterocycles. The summed E-state index contributed by atoms with van der Waals surface area (Å²) in [5, 5.41) is 10.4. The highest BCUT2D eigenvalue weighted by Crippen LogP contribution is 2.32. The van der Waals surface area contributed by atoms with E-state index in [9.17, 15) is 5.11 Å². The number of benzene rings is 1. The number of nitrogens with zero attached hydrogens (tertiary/aromatic N) is 2. The summed E-state index contributed by atoms with van der Waals surface area (Å²) in [7, 11) is 1.52. The van der Waals surface area contributed by atoms with E-state index in [4.69, 9.17) is 16.3 Å². The van der Waals surface area contributed by atoms with Crippen LogP contribution >= 0.6 is 11.6 Å². The van der Waals surface area contributed by atoms with Gasteiger partial charge in [0.2, 0.25) is 0 Å². The number of rotatable bonds is 2. The zero-order valence-corrected chi connectivity index (χ0v) is 12.7. The van der Waals surface area contributed by atoms with Gasteiger partial charge in [-0.3, -0.25) is 0 Å². The molecule has 0 amide bonds. The van der Waals surface area contributed by atoms with Crippen molar-refractivity contribution in [3.63, 3.8) is 0 Å². The van der Waals surface area contributed by atoms with Gasteiger partial charge in [-0.05, 0) is 43.9 Å². The number of methoxy groups -OCH3 is 1. The largest absolute Gasteiger partial charge is 0.504 e. The molecule has 1 aromatic carbocycles. The van der Waals surface area contributed by atoms with Crippen LogP contribution in [0.4, 0.5) is 0 Å². The maximum absolute atomic E-state index is 9.89. The second-order valence-corrected chi connectivity index (χ2v) is 5.57. The van der Waals surface area contributed by atoms with Crippen molar-refractivity contribution in [3.8, 4) is 22.9 Å². The van der Waals surface area contributed by atoms with E-state index in [-0.39, 0.29) is 5.75 Å². The summed E-state index contributed by atoms with van der Waals surface area (Å²) < 4.78 is 5.05. The average molecular weight is 305 g/mol. The number of hydrogen-bond acceptors (Lipinski definition) is 4. The van der Waals surface area contributed by atoms with E-state index in [2.05, 4.69) is 9.97 Å². The molecule has 0 aliphatic heterocycles. The van der Waals surface area contributed by atoms with Gasteiger partial charge in [0.1, 0.15) is 5.15 Å². The zero-order valence-electron chi connectivity index (χ0n) is 11.9. The van der Waals surface area contributed by atoms with Crippen LogP contribution in [0.1, 0.15) is 30.5 Å². The van der Waals surface area contributed by atoms with Crippen LogP contribution in [0.15, 0.2) is 18.2 Å². The smallest absolute Gasteiger partial charge is 0.161 e. The lowest BCUT2D eigenvalue weighted by atomic mass is 10.1. The van der Waals surface area contributed by atoms with Crippen LogP contribution in [-0.2, 0) is 12.8 Å². The van der Waals surface area contributed by atoms with E-state index in [0.717, 1.165) is 42.5 Å². The normalized spacial score (nSPS) is 14.4. The highest BCUT2D eigenvalue weighted by Gasteiger charge is 2.17. The molecule has 0 fully saturated rings. The Labute approximate surface area is 128 Å². The van der Waals surface area contributed by atoms with Crippen LogP contribution in [0.3, 0.4) is 0 Å². The fourth-order valence-corrected chi connectivity index (χ4v) is 2.97. The zero-order chi connectivity index (χ0) is 14.8. The predicted molar refractivity (Wildman–Crippen MR) is 82.0 cm³/mol. The number of phenolic OH excluding ortho intramolecular Hbond substituents is 1. The van der Waals surface area contributed by atoms with Crippen LogP contribution in [0.2, 0.25) is 5.15 Å². The molecule has 2 aromatic rings. The van der Waals surface area contributed by atoms with E-state index < -0.39 is 0 Å². The molecule has 0 bridgehead atoms. The Bertz CT molecular complexity index is 674.